The highest BCUT2D eigenvalue weighted by molar-refractivity contribution is 8.00. The van der Waals surface area contributed by atoms with E-state index in [2.05, 4.69) is 20.5 Å². The molecule has 0 radical (unpaired) electrons. The molecule has 2 aromatic heterocycles. The van der Waals surface area contributed by atoms with E-state index in [-0.39, 0.29) is 11.2 Å². The van der Waals surface area contributed by atoms with Crippen LogP contribution in [0, 0.1) is 0 Å². The first-order valence-corrected chi connectivity index (χ1v) is 10.4. The van der Waals surface area contributed by atoms with Crippen molar-refractivity contribution in [3.8, 4) is 17.1 Å². The maximum absolute atomic E-state index is 12.5. The van der Waals surface area contributed by atoms with Crippen molar-refractivity contribution >= 4 is 17.7 Å². The maximum atomic E-state index is 12.5. The highest BCUT2D eigenvalue weighted by Gasteiger charge is 2.20. The summed E-state index contributed by atoms with van der Waals surface area (Å²) in [6.45, 7) is 5.23. The Morgan fingerprint density at radius 3 is 2.55 bits per heavy atom. The number of carbonyl (C=O) groups is 1. The predicted molar refractivity (Wildman–Crippen MR) is 114 cm³/mol. The van der Waals surface area contributed by atoms with Crippen LogP contribution in [0.15, 0.2) is 53.9 Å². The molecule has 0 fully saturated rings. The average Bonchev–Trinajstić information content (AvgIpc) is 3.17. The number of thioether (sulfide) groups is 1. The zero-order chi connectivity index (χ0) is 20.6. The standard InChI is InChI=1S/C21H25N5O2S/c1-4-26-19(17-10-12-22-13-11-17)24-25-21(26)29-15(2)20(27)23-14-9-16-5-7-18(28-3)8-6-16/h5-8,10-13,15H,4,9,14H2,1-3H3,(H,23,27)/t15-/m0/s1. The van der Waals surface area contributed by atoms with Gasteiger partial charge >= 0.3 is 0 Å². The lowest BCUT2D eigenvalue weighted by Crippen LogP contribution is -2.32. The molecule has 0 aliphatic heterocycles. The van der Waals surface area contributed by atoms with E-state index >= 15 is 0 Å². The fourth-order valence-electron chi connectivity index (χ4n) is 2.85. The van der Waals surface area contributed by atoms with Crippen molar-refractivity contribution in [1.82, 2.24) is 25.1 Å². The van der Waals surface area contributed by atoms with Gasteiger partial charge < -0.3 is 14.6 Å². The molecule has 8 heteroatoms. The zero-order valence-corrected chi connectivity index (χ0v) is 17.6. The Labute approximate surface area is 174 Å². The quantitative estimate of drug-likeness (QED) is 0.545. The second-order valence-electron chi connectivity index (χ2n) is 6.44. The number of carbonyl (C=O) groups excluding carboxylic acids is 1. The smallest absolute Gasteiger partial charge is 0.233 e. The van der Waals surface area contributed by atoms with Gasteiger partial charge in [0.1, 0.15) is 5.75 Å². The van der Waals surface area contributed by atoms with Crippen LogP contribution < -0.4 is 10.1 Å². The van der Waals surface area contributed by atoms with Gasteiger partial charge in [-0.3, -0.25) is 9.78 Å². The van der Waals surface area contributed by atoms with Crippen molar-refractivity contribution in [2.45, 2.75) is 37.2 Å². The number of benzene rings is 1. The molecule has 1 N–H and O–H groups in total. The number of nitrogens with zero attached hydrogens (tertiary/aromatic N) is 4. The van der Waals surface area contributed by atoms with Crippen LogP contribution in [-0.2, 0) is 17.8 Å². The van der Waals surface area contributed by atoms with E-state index in [9.17, 15) is 4.79 Å². The van der Waals surface area contributed by atoms with Crippen LogP contribution in [0.5, 0.6) is 5.75 Å². The molecule has 3 rings (SSSR count). The first kappa shape index (κ1) is 20.9. The Hall–Kier alpha value is -2.87. The molecule has 1 atom stereocenters. The number of nitrogens with one attached hydrogen (secondary N) is 1. The minimum atomic E-state index is -0.273. The predicted octanol–water partition coefficient (Wildman–Crippen LogP) is 3.21. The van der Waals surface area contributed by atoms with Crippen LogP contribution in [0.25, 0.3) is 11.4 Å². The first-order valence-electron chi connectivity index (χ1n) is 9.53. The van der Waals surface area contributed by atoms with Crippen LogP contribution in [0.3, 0.4) is 0 Å². The second kappa shape index (κ2) is 10.1. The third-order valence-electron chi connectivity index (χ3n) is 4.49. The van der Waals surface area contributed by atoms with Crippen molar-refractivity contribution < 1.29 is 9.53 Å². The number of rotatable bonds is 9. The lowest BCUT2D eigenvalue weighted by molar-refractivity contribution is -0.120. The molecule has 0 saturated carbocycles. The van der Waals surface area contributed by atoms with E-state index in [1.165, 1.54) is 11.8 Å². The first-order chi connectivity index (χ1) is 14.1. The SMILES string of the molecule is CCn1c(S[C@@H](C)C(=O)NCCc2ccc(OC)cc2)nnc1-c1ccncc1. The molecule has 1 aromatic carbocycles. The topological polar surface area (TPSA) is 81.9 Å². The van der Waals surface area contributed by atoms with Crippen molar-refractivity contribution in [1.29, 1.82) is 0 Å². The number of hydrogen-bond donors (Lipinski definition) is 1. The molecule has 0 spiro atoms. The maximum Gasteiger partial charge on any atom is 0.233 e. The third kappa shape index (κ3) is 5.35. The molecule has 1 amide bonds. The van der Waals surface area contributed by atoms with E-state index in [4.69, 9.17) is 4.74 Å². The van der Waals surface area contributed by atoms with Gasteiger partial charge in [-0.15, -0.1) is 10.2 Å². The lowest BCUT2D eigenvalue weighted by Gasteiger charge is -2.13. The number of pyridine rings is 1. The van der Waals surface area contributed by atoms with E-state index in [1.54, 1.807) is 19.5 Å². The Kier molecular flexibility index (Phi) is 7.24. The molecule has 152 valence electrons. The van der Waals surface area contributed by atoms with E-state index in [1.807, 2.05) is 54.8 Å². The van der Waals surface area contributed by atoms with Crippen molar-refractivity contribution in [3.05, 3.63) is 54.4 Å². The summed E-state index contributed by atoms with van der Waals surface area (Å²) < 4.78 is 7.18. The van der Waals surface area contributed by atoms with E-state index in [0.717, 1.165) is 40.8 Å². The fraction of sp³-hybridized carbons (Fsp3) is 0.333. The van der Waals surface area contributed by atoms with E-state index in [0.29, 0.717) is 6.54 Å². The van der Waals surface area contributed by atoms with E-state index < -0.39 is 0 Å². The van der Waals surface area contributed by atoms with Gasteiger partial charge in [0, 0.05) is 31.0 Å². The zero-order valence-electron chi connectivity index (χ0n) is 16.8. The Balaban J connectivity index is 1.56. The van der Waals surface area contributed by atoms with Crippen molar-refractivity contribution in [2.24, 2.45) is 0 Å². The van der Waals surface area contributed by atoms with Gasteiger partial charge in [0.25, 0.3) is 0 Å². The highest BCUT2D eigenvalue weighted by Crippen LogP contribution is 2.26. The van der Waals surface area contributed by atoms with Crippen molar-refractivity contribution in [3.63, 3.8) is 0 Å². The second-order valence-corrected chi connectivity index (χ2v) is 7.74. The average molecular weight is 412 g/mol. The summed E-state index contributed by atoms with van der Waals surface area (Å²) in [6, 6.07) is 11.7. The Morgan fingerprint density at radius 2 is 1.90 bits per heavy atom. The number of amides is 1. The number of aromatic nitrogens is 4. The van der Waals surface area contributed by atoms with Gasteiger partial charge in [-0.25, -0.2) is 0 Å². The molecule has 7 nitrogen and oxygen atoms in total. The lowest BCUT2D eigenvalue weighted by atomic mass is 10.1. The summed E-state index contributed by atoms with van der Waals surface area (Å²) in [5.74, 6) is 1.60. The fourth-order valence-corrected chi connectivity index (χ4v) is 3.79. The summed E-state index contributed by atoms with van der Waals surface area (Å²) in [6.07, 6.45) is 4.23. The third-order valence-corrected chi connectivity index (χ3v) is 5.58. The largest absolute Gasteiger partial charge is 0.497 e. The van der Waals surface area contributed by atoms with Crippen LogP contribution in [0.2, 0.25) is 0 Å². The normalized spacial score (nSPS) is 11.8. The summed E-state index contributed by atoms with van der Waals surface area (Å²) >= 11 is 1.41. The van der Waals surface area contributed by atoms with Crippen LogP contribution in [0.1, 0.15) is 19.4 Å². The summed E-state index contributed by atoms with van der Waals surface area (Å²) in [7, 11) is 1.65. The molecular formula is C21H25N5O2S. The number of methoxy groups -OCH3 is 1. The van der Waals surface area contributed by atoms with Gasteiger partial charge in [-0.2, -0.15) is 0 Å². The minimum Gasteiger partial charge on any atom is -0.497 e. The van der Waals surface area contributed by atoms with Gasteiger partial charge in [0.15, 0.2) is 11.0 Å². The van der Waals surface area contributed by atoms with Gasteiger partial charge in [0.05, 0.1) is 12.4 Å². The Bertz CT molecular complexity index is 928. The summed E-state index contributed by atoms with van der Waals surface area (Å²) in [5.41, 5.74) is 2.11. The molecule has 29 heavy (non-hydrogen) atoms. The Morgan fingerprint density at radius 1 is 1.17 bits per heavy atom. The molecule has 0 aliphatic carbocycles. The van der Waals surface area contributed by atoms with Gasteiger partial charge in [0.2, 0.25) is 5.91 Å². The monoisotopic (exact) mass is 411 g/mol. The summed E-state index contributed by atoms with van der Waals surface area (Å²) in [4.78, 5) is 16.5. The summed E-state index contributed by atoms with van der Waals surface area (Å²) in [5, 5.41) is 12.1. The van der Waals surface area contributed by atoms with Crippen LogP contribution in [-0.4, -0.2) is 44.6 Å². The van der Waals surface area contributed by atoms with Gasteiger partial charge in [-0.05, 0) is 50.1 Å². The molecule has 2 heterocycles. The highest BCUT2D eigenvalue weighted by atomic mass is 32.2. The number of hydrogen-bond acceptors (Lipinski definition) is 6. The molecule has 0 aliphatic rings. The number of ether oxygens (including phenoxy) is 1. The van der Waals surface area contributed by atoms with Crippen LogP contribution in [0.4, 0.5) is 0 Å². The molecule has 3 aromatic rings. The minimum absolute atomic E-state index is 0.0142. The van der Waals surface area contributed by atoms with Gasteiger partial charge in [-0.1, -0.05) is 23.9 Å². The molecule has 0 unspecified atom stereocenters. The molecular weight excluding hydrogens is 386 g/mol. The molecule has 0 saturated heterocycles. The molecule has 0 bridgehead atoms. The van der Waals surface area contributed by atoms with Crippen molar-refractivity contribution in [2.75, 3.05) is 13.7 Å². The van der Waals surface area contributed by atoms with Crippen LogP contribution >= 0.6 is 11.8 Å².